The number of para-hydroxylation sites is 1. The average Bonchev–Trinajstić information content (AvgIpc) is 2.67. The Balaban J connectivity index is 1.85. The second-order valence-corrected chi connectivity index (χ2v) is 5.51. The summed E-state index contributed by atoms with van der Waals surface area (Å²) in [5, 5.41) is 11.7. The summed E-state index contributed by atoms with van der Waals surface area (Å²) < 4.78 is 10.5. The first-order valence-electron chi connectivity index (χ1n) is 8.33. The number of rotatable bonds is 8. The summed E-state index contributed by atoms with van der Waals surface area (Å²) in [5.41, 5.74) is 1.34. The number of esters is 1. The molecule has 0 saturated heterocycles. The second kappa shape index (κ2) is 9.84. The number of nitrogens with zero attached hydrogens (tertiary/aromatic N) is 1. The predicted octanol–water partition coefficient (Wildman–Crippen LogP) is 3.53. The molecule has 26 heavy (non-hydrogen) atoms. The predicted molar refractivity (Wildman–Crippen MR) is 96.9 cm³/mol. The van der Waals surface area contributed by atoms with Crippen LogP contribution in [-0.4, -0.2) is 25.1 Å². The summed E-state index contributed by atoms with van der Waals surface area (Å²) in [7, 11) is 0. The Labute approximate surface area is 152 Å². The van der Waals surface area contributed by atoms with Crippen LogP contribution in [0.3, 0.4) is 0 Å². The van der Waals surface area contributed by atoms with Gasteiger partial charge < -0.3 is 14.8 Å². The lowest BCUT2D eigenvalue weighted by Gasteiger charge is -2.09. The second-order valence-electron chi connectivity index (χ2n) is 5.51. The molecule has 0 heterocycles. The Bertz CT molecular complexity index is 794. The summed E-state index contributed by atoms with van der Waals surface area (Å²) in [6.45, 7) is 2.20. The Morgan fingerprint density at radius 3 is 2.54 bits per heavy atom. The van der Waals surface area contributed by atoms with Crippen LogP contribution in [0.4, 0.5) is 5.69 Å². The van der Waals surface area contributed by atoms with Gasteiger partial charge in [-0.25, -0.2) is 4.79 Å². The standard InChI is InChI=1S/C20H20N2O4/c1-2-3-12-25-20(24)15-8-10-17(11-9-15)22-19(23)14-26-18-7-5-4-6-16(18)13-21/h4-11H,2-3,12,14H2,1H3,(H,22,23). The first-order chi connectivity index (χ1) is 12.6. The molecule has 0 radical (unpaired) electrons. The molecule has 2 aromatic rings. The fourth-order valence-electron chi connectivity index (χ4n) is 2.11. The van der Waals surface area contributed by atoms with Crippen molar-refractivity contribution in [1.29, 1.82) is 5.26 Å². The largest absolute Gasteiger partial charge is 0.482 e. The van der Waals surface area contributed by atoms with Crippen LogP contribution >= 0.6 is 0 Å². The van der Waals surface area contributed by atoms with Crippen molar-refractivity contribution in [3.05, 3.63) is 59.7 Å². The van der Waals surface area contributed by atoms with Crippen LogP contribution in [-0.2, 0) is 9.53 Å². The molecule has 134 valence electrons. The highest BCUT2D eigenvalue weighted by Gasteiger charge is 2.09. The molecular weight excluding hydrogens is 332 g/mol. The maximum absolute atomic E-state index is 12.0. The zero-order valence-corrected chi connectivity index (χ0v) is 14.5. The number of hydrogen-bond acceptors (Lipinski definition) is 5. The van der Waals surface area contributed by atoms with Gasteiger partial charge in [-0.05, 0) is 42.8 Å². The molecule has 0 aromatic heterocycles. The van der Waals surface area contributed by atoms with Gasteiger partial charge in [-0.2, -0.15) is 5.26 Å². The molecule has 0 aliphatic carbocycles. The van der Waals surface area contributed by atoms with Gasteiger partial charge >= 0.3 is 5.97 Å². The normalized spacial score (nSPS) is 9.85. The number of carbonyl (C=O) groups is 2. The van der Waals surface area contributed by atoms with Gasteiger partial charge in [0.05, 0.1) is 17.7 Å². The van der Waals surface area contributed by atoms with E-state index in [2.05, 4.69) is 5.32 Å². The molecule has 0 spiro atoms. The van der Waals surface area contributed by atoms with E-state index in [1.165, 1.54) is 0 Å². The van der Waals surface area contributed by atoms with E-state index in [0.717, 1.165) is 12.8 Å². The molecule has 0 atom stereocenters. The van der Waals surface area contributed by atoms with E-state index in [1.54, 1.807) is 48.5 Å². The van der Waals surface area contributed by atoms with Gasteiger partial charge in [0, 0.05) is 5.69 Å². The van der Waals surface area contributed by atoms with Crippen LogP contribution in [0.5, 0.6) is 5.75 Å². The topological polar surface area (TPSA) is 88.4 Å². The number of benzene rings is 2. The third-order valence-corrected chi connectivity index (χ3v) is 3.50. The molecule has 0 bridgehead atoms. The van der Waals surface area contributed by atoms with E-state index in [-0.39, 0.29) is 18.5 Å². The van der Waals surface area contributed by atoms with Crippen molar-refractivity contribution in [2.45, 2.75) is 19.8 Å². The monoisotopic (exact) mass is 352 g/mol. The number of amides is 1. The number of nitriles is 1. The lowest BCUT2D eigenvalue weighted by molar-refractivity contribution is -0.118. The fourth-order valence-corrected chi connectivity index (χ4v) is 2.11. The van der Waals surface area contributed by atoms with Gasteiger partial charge in [-0.1, -0.05) is 25.5 Å². The van der Waals surface area contributed by atoms with Crippen LogP contribution in [0.2, 0.25) is 0 Å². The van der Waals surface area contributed by atoms with Crippen LogP contribution in [0.1, 0.15) is 35.7 Å². The summed E-state index contributed by atoms with van der Waals surface area (Å²) in [6, 6.07) is 15.1. The van der Waals surface area contributed by atoms with E-state index in [4.69, 9.17) is 14.7 Å². The van der Waals surface area contributed by atoms with Crippen LogP contribution in [0.25, 0.3) is 0 Å². The van der Waals surface area contributed by atoms with Gasteiger partial charge in [-0.3, -0.25) is 4.79 Å². The number of carbonyl (C=O) groups excluding carboxylic acids is 2. The molecule has 1 N–H and O–H groups in total. The highest BCUT2D eigenvalue weighted by atomic mass is 16.5. The summed E-state index contributed by atoms with van der Waals surface area (Å²) in [5.74, 6) is -0.390. The average molecular weight is 352 g/mol. The minimum Gasteiger partial charge on any atom is -0.482 e. The summed E-state index contributed by atoms with van der Waals surface area (Å²) >= 11 is 0. The van der Waals surface area contributed by atoms with Crippen molar-refractivity contribution in [1.82, 2.24) is 0 Å². The minimum atomic E-state index is -0.382. The number of ether oxygens (including phenoxy) is 2. The van der Waals surface area contributed by atoms with Gasteiger partial charge in [0.15, 0.2) is 6.61 Å². The maximum atomic E-state index is 12.0. The molecule has 2 rings (SSSR count). The van der Waals surface area contributed by atoms with Crippen molar-refractivity contribution in [2.24, 2.45) is 0 Å². The van der Waals surface area contributed by atoms with Gasteiger partial charge in [-0.15, -0.1) is 0 Å². The molecule has 6 nitrogen and oxygen atoms in total. The highest BCUT2D eigenvalue weighted by molar-refractivity contribution is 5.93. The number of nitrogens with one attached hydrogen (secondary N) is 1. The summed E-state index contributed by atoms with van der Waals surface area (Å²) in [6.07, 6.45) is 1.79. The quantitative estimate of drug-likeness (QED) is 0.580. The Kier molecular flexibility index (Phi) is 7.19. The molecule has 2 aromatic carbocycles. The molecule has 0 unspecified atom stereocenters. The lowest BCUT2D eigenvalue weighted by atomic mass is 10.2. The number of unbranched alkanes of at least 4 members (excludes halogenated alkanes) is 1. The zero-order chi connectivity index (χ0) is 18.8. The third-order valence-electron chi connectivity index (χ3n) is 3.50. The van der Waals surface area contributed by atoms with Crippen molar-refractivity contribution >= 4 is 17.6 Å². The molecular formula is C20H20N2O4. The van der Waals surface area contributed by atoms with E-state index in [9.17, 15) is 9.59 Å². The molecule has 0 fully saturated rings. The SMILES string of the molecule is CCCCOC(=O)c1ccc(NC(=O)COc2ccccc2C#N)cc1. The molecule has 0 aliphatic rings. The van der Waals surface area contributed by atoms with Gasteiger partial charge in [0.1, 0.15) is 11.8 Å². The van der Waals surface area contributed by atoms with Crippen LogP contribution in [0, 0.1) is 11.3 Å². The van der Waals surface area contributed by atoms with Crippen molar-refractivity contribution < 1.29 is 19.1 Å². The molecule has 0 aliphatic heterocycles. The number of anilines is 1. The van der Waals surface area contributed by atoms with Crippen LogP contribution < -0.4 is 10.1 Å². The van der Waals surface area contributed by atoms with Crippen molar-refractivity contribution in [3.63, 3.8) is 0 Å². The van der Waals surface area contributed by atoms with Crippen molar-refractivity contribution in [2.75, 3.05) is 18.5 Å². The Morgan fingerprint density at radius 2 is 1.85 bits per heavy atom. The van der Waals surface area contributed by atoms with E-state index in [1.807, 2.05) is 13.0 Å². The Hall–Kier alpha value is -3.33. The van der Waals surface area contributed by atoms with Crippen LogP contribution in [0.15, 0.2) is 48.5 Å². The van der Waals surface area contributed by atoms with Gasteiger partial charge in [0.25, 0.3) is 5.91 Å². The van der Waals surface area contributed by atoms with Gasteiger partial charge in [0.2, 0.25) is 0 Å². The maximum Gasteiger partial charge on any atom is 0.338 e. The summed E-state index contributed by atoms with van der Waals surface area (Å²) in [4.78, 5) is 23.8. The number of hydrogen-bond donors (Lipinski definition) is 1. The zero-order valence-electron chi connectivity index (χ0n) is 14.5. The highest BCUT2D eigenvalue weighted by Crippen LogP contribution is 2.16. The van der Waals surface area contributed by atoms with Crippen molar-refractivity contribution in [3.8, 4) is 11.8 Å². The first kappa shape index (κ1) is 19.0. The molecule has 6 heteroatoms. The third kappa shape index (κ3) is 5.64. The molecule has 1 amide bonds. The first-order valence-corrected chi connectivity index (χ1v) is 8.33. The smallest absolute Gasteiger partial charge is 0.338 e. The minimum absolute atomic E-state index is 0.223. The Morgan fingerprint density at radius 1 is 1.12 bits per heavy atom. The fraction of sp³-hybridized carbons (Fsp3) is 0.250. The van der Waals surface area contributed by atoms with E-state index >= 15 is 0 Å². The lowest BCUT2D eigenvalue weighted by Crippen LogP contribution is -2.20. The van der Waals surface area contributed by atoms with E-state index < -0.39 is 0 Å². The van der Waals surface area contributed by atoms with E-state index in [0.29, 0.717) is 29.2 Å². The molecule has 0 saturated carbocycles.